The number of pyridine rings is 1. The topological polar surface area (TPSA) is 141 Å². The van der Waals surface area contributed by atoms with Gasteiger partial charge in [0.1, 0.15) is 6.04 Å². The van der Waals surface area contributed by atoms with Crippen LogP contribution in [0.4, 0.5) is 10.5 Å². The summed E-state index contributed by atoms with van der Waals surface area (Å²) in [5.41, 5.74) is 3.37. The number of carbonyl (C=O) groups excluding carboxylic acids is 2. The van der Waals surface area contributed by atoms with Crippen molar-refractivity contribution in [1.82, 2.24) is 15.6 Å². The SMILES string of the molecule is CC(=O)c1cnc2ccc(-c3cc(Cl)c(O)c(Cl)c3)cc2c1NC1CCC(NC(=O)[C@@H](C)NC(=O)O)CC1. The number of carboxylic acid groups (broad SMARTS) is 1. The third kappa shape index (κ3) is 6.11. The van der Waals surface area contributed by atoms with Gasteiger partial charge in [0.25, 0.3) is 0 Å². The van der Waals surface area contributed by atoms with Crippen LogP contribution >= 0.6 is 23.2 Å². The number of benzene rings is 2. The van der Waals surface area contributed by atoms with Crippen molar-refractivity contribution in [2.75, 3.05) is 5.32 Å². The van der Waals surface area contributed by atoms with Gasteiger partial charge >= 0.3 is 6.09 Å². The van der Waals surface area contributed by atoms with E-state index >= 15 is 0 Å². The van der Waals surface area contributed by atoms with E-state index in [1.807, 2.05) is 18.2 Å². The van der Waals surface area contributed by atoms with Crippen LogP contribution in [0.15, 0.2) is 36.5 Å². The zero-order valence-corrected chi connectivity index (χ0v) is 22.4. The molecule has 1 aromatic heterocycles. The fourth-order valence-corrected chi connectivity index (χ4v) is 5.18. The number of Topliss-reactive ketones (excluding diaryl/α,β-unsaturated/α-hetero) is 1. The van der Waals surface area contributed by atoms with Crippen LogP contribution in [0.25, 0.3) is 22.0 Å². The van der Waals surface area contributed by atoms with Gasteiger partial charge < -0.3 is 26.2 Å². The number of fused-ring (bicyclic) bond motifs is 1. The third-order valence-corrected chi connectivity index (χ3v) is 7.33. The summed E-state index contributed by atoms with van der Waals surface area (Å²) in [6.07, 6.45) is 3.23. The van der Waals surface area contributed by atoms with Gasteiger partial charge in [-0.3, -0.25) is 14.6 Å². The molecule has 1 fully saturated rings. The van der Waals surface area contributed by atoms with E-state index in [0.29, 0.717) is 35.2 Å². The number of aromatic nitrogens is 1. The summed E-state index contributed by atoms with van der Waals surface area (Å²) in [7, 11) is 0. The highest BCUT2D eigenvalue weighted by Gasteiger charge is 2.26. The lowest BCUT2D eigenvalue weighted by molar-refractivity contribution is -0.123. The van der Waals surface area contributed by atoms with E-state index in [1.165, 1.54) is 13.8 Å². The predicted molar refractivity (Wildman–Crippen MR) is 147 cm³/mol. The van der Waals surface area contributed by atoms with E-state index < -0.39 is 12.1 Å². The number of hydrogen-bond donors (Lipinski definition) is 5. The molecule has 0 saturated heterocycles. The standard InChI is InChI=1S/C27H28Cl2N4O5/c1-13(31-27(37)38)26(36)33-18-6-4-17(5-7-18)32-24-19-9-15(16-10-21(28)25(35)22(29)11-16)3-8-23(19)30-12-20(24)14(2)34/h3,8-13,17-18,31,35H,4-7H2,1-2H3,(H,30,32)(H,33,36)(H,37,38)/t13-,17?,18?/m1/s1. The number of halogens is 2. The van der Waals surface area contributed by atoms with Gasteiger partial charge in [0, 0.05) is 23.7 Å². The second-order valence-electron chi connectivity index (χ2n) is 9.50. The molecule has 38 heavy (non-hydrogen) atoms. The number of phenols is 1. The van der Waals surface area contributed by atoms with Crippen molar-refractivity contribution in [2.24, 2.45) is 0 Å². The molecule has 1 saturated carbocycles. The number of anilines is 1. The maximum absolute atomic E-state index is 12.5. The molecular weight excluding hydrogens is 531 g/mol. The summed E-state index contributed by atoms with van der Waals surface area (Å²) in [4.78, 5) is 40.0. The van der Waals surface area contributed by atoms with Crippen molar-refractivity contribution in [2.45, 2.75) is 57.7 Å². The maximum Gasteiger partial charge on any atom is 0.405 e. The number of phenolic OH excluding ortho intramolecular Hbond substituents is 1. The lowest BCUT2D eigenvalue weighted by Gasteiger charge is -2.31. The van der Waals surface area contributed by atoms with Gasteiger partial charge in [0.2, 0.25) is 5.91 Å². The fraction of sp³-hybridized carbons (Fsp3) is 0.333. The molecule has 9 nitrogen and oxygen atoms in total. The molecule has 0 spiro atoms. The van der Waals surface area contributed by atoms with Crippen molar-refractivity contribution in [3.8, 4) is 16.9 Å². The summed E-state index contributed by atoms with van der Waals surface area (Å²) in [6.45, 7) is 3.00. The van der Waals surface area contributed by atoms with Gasteiger partial charge in [0.05, 0.1) is 26.8 Å². The Morgan fingerprint density at radius 1 is 1.00 bits per heavy atom. The Labute approximate surface area is 229 Å². The number of ketones is 1. The molecule has 11 heteroatoms. The zero-order chi connectivity index (χ0) is 27.6. The van der Waals surface area contributed by atoms with Gasteiger partial charge in [-0.2, -0.15) is 0 Å². The minimum Gasteiger partial charge on any atom is -0.505 e. The van der Waals surface area contributed by atoms with Crippen LogP contribution in [0.2, 0.25) is 10.0 Å². The summed E-state index contributed by atoms with van der Waals surface area (Å²) in [5.74, 6) is -0.658. The van der Waals surface area contributed by atoms with E-state index in [4.69, 9.17) is 28.3 Å². The third-order valence-electron chi connectivity index (χ3n) is 6.75. The minimum absolute atomic E-state index is 0.0580. The normalized spacial score (nSPS) is 18.0. The van der Waals surface area contributed by atoms with Crippen molar-refractivity contribution in [3.63, 3.8) is 0 Å². The molecule has 5 N–H and O–H groups in total. The Bertz CT molecular complexity index is 1380. The molecule has 0 aliphatic heterocycles. The van der Waals surface area contributed by atoms with Crippen LogP contribution in [0, 0.1) is 0 Å². The average Bonchev–Trinajstić information content (AvgIpc) is 2.87. The first-order valence-corrected chi connectivity index (χ1v) is 13.0. The van der Waals surface area contributed by atoms with E-state index in [0.717, 1.165) is 23.8 Å². The second-order valence-corrected chi connectivity index (χ2v) is 10.3. The Balaban J connectivity index is 1.56. The Morgan fingerprint density at radius 2 is 1.63 bits per heavy atom. The Morgan fingerprint density at radius 3 is 2.24 bits per heavy atom. The largest absolute Gasteiger partial charge is 0.505 e. The van der Waals surface area contributed by atoms with Crippen LogP contribution in [-0.4, -0.2) is 51.1 Å². The quantitative estimate of drug-likeness (QED) is 0.237. The van der Waals surface area contributed by atoms with Gasteiger partial charge in [0.15, 0.2) is 11.5 Å². The Kier molecular flexibility index (Phi) is 8.28. The summed E-state index contributed by atoms with van der Waals surface area (Å²) >= 11 is 12.3. The van der Waals surface area contributed by atoms with Crippen molar-refractivity contribution in [1.29, 1.82) is 0 Å². The molecule has 200 valence electrons. The molecule has 0 radical (unpaired) electrons. The van der Waals surface area contributed by atoms with Gasteiger partial charge in [-0.05, 0) is 74.9 Å². The minimum atomic E-state index is -1.24. The number of carbonyl (C=O) groups is 3. The number of nitrogens with one attached hydrogen (secondary N) is 3. The fourth-order valence-electron chi connectivity index (χ4n) is 4.69. The van der Waals surface area contributed by atoms with Crippen LogP contribution in [0.3, 0.4) is 0 Å². The van der Waals surface area contributed by atoms with E-state index in [9.17, 15) is 19.5 Å². The second kappa shape index (κ2) is 11.4. The molecule has 1 atom stereocenters. The molecular formula is C27H28Cl2N4O5. The smallest absolute Gasteiger partial charge is 0.405 e. The lowest BCUT2D eigenvalue weighted by atomic mass is 9.90. The monoisotopic (exact) mass is 558 g/mol. The van der Waals surface area contributed by atoms with Gasteiger partial charge in [-0.25, -0.2) is 4.79 Å². The predicted octanol–water partition coefficient (Wildman–Crippen LogP) is 5.61. The van der Waals surface area contributed by atoms with Crippen LogP contribution in [0.1, 0.15) is 49.9 Å². The number of amides is 2. The number of aromatic hydroxyl groups is 1. The molecule has 1 aliphatic carbocycles. The van der Waals surface area contributed by atoms with Crippen molar-refractivity contribution < 1.29 is 24.6 Å². The molecule has 2 aromatic carbocycles. The van der Waals surface area contributed by atoms with Crippen LogP contribution < -0.4 is 16.0 Å². The number of rotatable bonds is 7. The first-order valence-electron chi connectivity index (χ1n) is 12.2. The molecule has 4 rings (SSSR count). The Hall–Kier alpha value is -3.56. The van der Waals surface area contributed by atoms with E-state index in [-0.39, 0.29) is 39.6 Å². The first-order chi connectivity index (χ1) is 18.0. The highest BCUT2D eigenvalue weighted by atomic mass is 35.5. The molecule has 0 bridgehead atoms. The highest BCUT2D eigenvalue weighted by Crippen LogP contribution is 2.38. The molecule has 2 amide bonds. The molecule has 0 unspecified atom stereocenters. The van der Waals surface area contributed by atoms with E-state index in [1.54, 1.807) is 18.3 Å². The first kappa shape index (κ1) is 27.5. The molecule has 1 aliphatic rings. The number of hydrogen-bond acceptors (Lipinski definition) is 6. The summed E-state index contributed by atoms with van der Waals surface area (Å²) in [6, 6.07) is 8.06. The van der Waals surface area contributed by atoms with E-state index in [2.05, 4.69) is 20.9 Å². The molecule has 3 aromatic rings. The lowest BCUT2D eigenvalue weighted by Crippen LogP contribution is -2.49. The zero-order valence-electron chi connectivity index (χ0n) is 20.8. The average molecular weight is 559 g/mol. The summed E-state index contributed by atoms with van der Waals surface area (Å²) < 4.78 is 0. The maximum atomic E-state index is 12.5. The van der Waals surface area contributed by atoms with Crippen LogP contribution in [0.5, 0.6) is 5.75 Å². The number of nitrogens with zero attached hydrogens (tertiary/aromatic N) is 1. The van der Waals surface area contributed by atoms with Crippen molar-refractivity contribution >= 4 is 57.6 Å². The van der Waals surface area contributed by atoms with Crippen LogP contribution in [-0.2, 0) is 4.79 Å². The molecule has 1 heterocycles. The summed E-state index contributed by atoms with van der Waals surface area (Å²) in [5, 5.41) is 28.4. The van der Waals surface area contributed by atoms with Gasteiger partial charge in [-0.15, -0.1) is 0 Å². The highest BCUT2D eigenvalue weighted by molar-refractivity contribution is 6.37. The van der Waals surface area contributed by atoms with Crippen molar-refractivity contribution in [3.05, 3.63) is 52.1 Å². The van der Waals surface area contributed by atoms with Gasteiger partial charge in [-0.1, -0.05) is 29.3 Å².